The summed E-state index contributed by atoms with van der Waals surface area (Å²) in [5.41, 5.74) is 0. The summed E-state index contributed by atoms with van der Waals surface area (Å²) in [6, 6.07) is 0. The summed E-state index contributed by atoms with van der Waals surface area (Å²) in [6.45, 7) is 2.50. The SMILES string of the molecule is O=S1(=O)CCN(CCCCBr)CC1. The van der Waals surface area contributed by atoms with E-state index in [2.05, 4.69) is 20.8 Å². The van der Waals surface area contributed by atoms with E-state index in [-0.39, 0.29) is 0 Å². The van der Waals surface area contributed by atoms with E-state index >= 15 is 0 Å². The molecule has 0 bridgehead atoms. The van der Waals surface area contributed by atoms with Crippen molar-refractivity contribution in [3.05, 3.63) is 0 Å². The smallest absolute Gasteiger partial charge is 0.152 e. The van der Waals surface area contributed by atoms with Crippen molar-refractivity contribution < 1.29 is 8.42 Å². The van der Waals surface area contributed by atoms with E-state index < -0.39 is 9.84 Å². The zero-order valence-electron chi connectivity index (χ0n) is 7.71. The molecule has 5 heteroatoms. The molecule has 1 fully saturated rings. The number of hydrogen-bond donors (Lipinski definition) is 0. The highest BCUT2D eigenvalue weighted by Crippen LogP contribution is 2.05. The lowest BCUT2D eigenvalue weighted by atomic mass is 10.3. The van der Waals surface area contributed by atoms with Gasteiger partial charge in [0.05, 0.1) is 11.5 Å². The van der Waals surface area contributed by atoms with Gasteiger partial charge in [0.1, 0.15) is 0 Å². The molecule has 0 radical (unpaired) electrons. The fourth-order valence-electron chi connectivity index (χ4n) is 1.40. The summed E-state index contributed by atoms with van der Waals surface area (Å²) in [5.74, 6) is 0.697. The van der Waals surface area contributed by atoms with Crippen molar-refractivity contribution in [3.63, 3.8) is 0 Å². The van der Waals surface area contributed by atoms with Gasteiger partial charge in [-0.05, 0) is 19.4 Å². The van der Waals surface area contributed by atoms with Gasteiger partial charge in [0.2, 0.25) is 0 Å². The number of halogens is 1. The first kappa shape index (κ1) is 11.5. The molecule has 0 atom stereocenters. The number of sulfone groups is 1. The quantitative estimate of drug-likeness (QED) is 0.562. The van der Waals surface area contributed by atoms with Crippen LogP contribution in [0.4, 0.5) is 0 Å². The molecule has 0 spiro atoms. The molecule has 0 saturated carbocycles. The van der Waals surface area contributed by atoms with Crippen LogP contribution in [-0.2, 0) is 9.84 Å². The van der Waals surface area contributed by atoms with Crippen LogP contribution in [0, 0.1) is 0 Å². The first-order valence-electron chi connectivity index (χ1n) is 4.63. The van der Waals surface area contributed by atoms with Gasteiger partial charge in [-0.2, -0.15) is 0 Å². The van der Waals surface area contributed by atoms with Crippen molar-refractivity contribution in [2.24, 2.45) is 0 Å². The Balaban J connectivity index is 2.18. The zero-order valence-corrected chi connectivity index (χ0v) is 10.1. The second-order valence-electron chi connectivity index (χ2n) is 3.39. The van der Waals surface area contributed by atoms with Crippen molar-refractivity contribution in [1.82, 2.24) is 4.90 Å². The molecule has 3 nitrogen and oxygen atoms in total. The highest BCUT2D eigenvalue weighted by atomic mass is 79.9. The van der Waals surface area contributed by atoms with E-state index in [4.69, 9.17) is 0 Å². The van der Waals surface area contributed by atoms with E-state index in [1.807, 2.05) is 0 Å². The number of alkyl halides is 1. The van der Waals surface area contributed by atoms with Crippen LogP contribution in [0.5, 0.6) is 0 Å². The van der Waals surface area contributed by atoms with Gasteiger partial charge >= 0.3 is 0 Å². The van der Waals surface area contributed by atoms with Crippen LogP contribution in [-0.4, -0.2) is 49.8 Å². The van der Waals surface area contributed by atoms with E-state index in [0.717, 1.165) is 31.4 Å². The molecule has 1 saturated heterocycles. The Kier molecular flexibility index (Phi) is 4.69. The highest BCUT2D eigenvalue weighted by Gasteiger charge is 2.20. The second-order valence-corrected chi connectivity index (χ2v) is 6.49. The van der Waals surface area contributed by atoms with Gasteiger partial charge in [-0.1, -0.05) is 15.9 Å². The maximum Gasteiger partial charge on any atom is 0.152 e. The summed E-state index contributed by atoms with van der Waals surface area (Å²) in [6.07, 6.45) is 2.33. The molecule has 1 heterocycles. The summed E-state index contributed by atoms with van der Waals surface area (Å²) in [7, 11) is -2.70. The van der Waals surface area contributed by atoms with Gasteiger partial charge < -0.3 is 4.90 Å². The maximum absolute atomic E-state index is 11.1. The monoisotopic (exact) mass is 269 g/mol. The summed E-state index contributed by atoms with van der Waals surface area (Å²) in [5, 5.41) is 1.04. The van der Waals surface area contributed by atoms with Gasteiger partial charge in [0.25, 0.3) is 0 Å². The minimum Gasteiger partial charge on any atom is -0.301 e. The molecule has 1 aliphatic heterocycles. The van der Waals surface area contributed by atoms with Gasteiger partial charge in [-0.15, -0.1) is 0 Å². The standard InChI is InChI=1S/C8H16BrNO2S/c9-3-1-2-4-10-5-7-13(11,12)8-6-10/h1-8H2. The van der Waals surface area contributed by atoms with Crippen molar-refractivity contribution in [3.8, 4) is 0 Å². The third-order valence-corrected chi connectivity index (χ3v) is 4.46. The highest BCUT2D eigenvalue weighted by molar-refractivity contribution is 9.09. The molecule has 0 aromatic heterocycles. The van der Waals surface area contributed by atoms with Crippen LogP contribution in [0.1, 0.15) is 12.8 Å². The third kappa shape index (κ3) is 4.42. The van der Waals surface area contributed by atoms with Gasteiger partial charge in [0, 0.05) is 18.4 Å². The predicted octanol–water partition coefficient (Wildman–Crippen LogP) is 0.892. The van der Waals surface area contributed by atoms with Crippen LogP contribution < -0.4 is 0 Å². The first-order valence-corrected chi connectivity index (χ1v) is 7.57. The minimum atomic E-state index is -2.70. The molecular weight excluding hydrogens is 254 g/mol. The predicted molar refractivity (Wildman–Crippen MR) is 58.1 cm³/mol. The molecule has 0 unspecified atom stereocenters. The zero-order chi connectivity index (χ0) is 9.73. The fourth-order valence-corrected chi connectivity index (χ4v) is 3.08. The second kappa shape index (κ2) is 5.32. The number of rotatable bonds is 4. The molecule has 0 aromatic carbocycles. The van der Waals surface area contributed by atoms with Gasteiger partial charge in [-0.3, -0.25) is 0 Å². The molecule has 1 rings (SSSR count). The van der Waals surface area contributed by atoms with Crippen LogP contribution in [0.25, 0.3) is 0 Å². The Morgan fingerprint density at radius 1 is 1.15 bits per heavy atom. The Labute approximate surface area is 88.5 Å². The fraction of sp³-hybridized carbons (Fsp3) is 1.00. The van der Waals surface area contributed by atoms with E-state index in [0.29, 0.717) is 11.5 Å². The summed E-state index contributed by atoms with van der Waals surface area (Å²) < 4.78 is 22.2. The Bertz CT molecular complexity index is 227. The van der Waals surface area contributed by atoms with Crippen LogP contribution in [0.15, 0.2) is 0 Å². The first-order chi connectivity index (χ1) is 6.14. The molecule has 0 N–H and O–H groups in total. The molecule has 0 aromatic rings. The van der Waals surface area contributed by atoms with Gasteiger partial charge in [-0.25, -0.2) is 8.42 Å². The normalized spacial score (nSPS) is 23.2. The lowest BCUT2D eigenvalue weighted by molar-refractivity contribution is 0.291. The third-order valence-electron chi connectivity index (χ3n) is 2.30. The van der Waals surface area contributed by atoms with Crippen molar-refractivity contribution in [1.29, 1.82) is 0 Å². The average molecular weight is 270 g/mol. The lowest BCUT2D eigenvalue weighted by Crippen LogP contribution is -2.40. The lowest BCUT2D eigenvalue weighted by Gasteiger charge is -2.26. The molecular formula is C8H16BrNO2S. The van der Waals surface area contributed by atoms with E-state index in [1.165, 1.54) is 6.42 Å². The Morgan fingerprint density at radius 2 is 1.77 bits per heavy atom. The van der Waals surface area contributed by atoms with E-state index in [9.17, 15) is 8.42 Å². The summed E-state index contributed by atoms with van der Waals surface area (Å²) >= 11 is 3.38. The van der Waals surface area contributed by atoms with Crippen LogP contribution in [0.2, 0.25) is 0 Å². The summed E-state index contributed by atoms with van der Waals surface area (Å²) in [4.78, 5) is 2.24. The number of unbranched alkanes of at least 4 members (excludes halogenated alkanes) is 1. The maximum atomic E-state index is 11.1. The van der Waals surface area contributed by atoms with Crippen LogP contribution in [0.3, 0.4) is 0 Å². The topological polar surface area (TPSA) is 37.4 Å². The largest absolute Gasteiger partial charge is 0.301 e. The Hall–Kier alpha value is 0.390. The molecule has 13 heavy (non-hydrogen) atoms. The van der Waals surface area contributed by atoms with Crippen molar-refractivity contribution in [2.75, 3.05) is 36.5 Å². The molecule has 1 aliphatic rings. The average Bonchev–Trinajstić information content (AvgIpc) is 2.08. The molecule has 0 aliphatic carbocycles. The van der Waals surface area contributed by atoms with Crippen molar-refractivity contribution in [2.45, 2.75) is 12.8 Å². The van der Waals surface area contributed by atoms with Crippen LogP contribution >= 0.6 is 15.9 Å². The molecule has 0 amide bonds. The molecule has 78 valence electrons. The van der Waals surface area contributed by atoms with Crippen molar-refractivity contribution >= 4 is 25.8 Å². The van der Waals surface area contributed by atoms with E-state index in [1.54, 1.807) is 0 Å². The van der Waals surface area contributed by atoms with Gasteiger partial charge in [0.15, 0.2) is 9.84 Å². The minimum absolute atomic E-state index is 0.349. The Morgan fingerprint density at radius 3 is 2.31 bits per heavy atom. The number of hydrogen-bond acceptors (Lipinski definition) is 3. The number of nitrogens with zero attached hydrogens (tertiary/aromatic N) is 1.